The van der Waals surface area contributed by atoms with Gasteiger partial charge in [-0.05, 0) is 30.4 Å². The lowest BCUT2D eigenvalue weighted by molar-refractivity contribution is 0.127. The first-order chi connectivity index (χ1) is 9.79. The summed E-state index contributed by atoms with van der Waals surface area (Å²) >= 11 is 1.53. The number of rotatable bonds is 3. The summed E-state index contributed by atoms with van der Waals surface area (Å²) in [6.45, 7) is 1.40. The van der Waals surface area contributed by atoms with E-state index in [-0.39, 0.29) is 12.1 Å². The minimum atomic E-state index is -0.0359. The third kappa shape index (κ3) is 2.18. The van der Waals surface area contributed by atoms with Gasteiger partial charge in [0.1, 0.15) is 0 Å². The topological polar surface area (TPSA) is 63.1 Å². The van der Waals surface area contributed by atoms with Crippen LogP contribution in [0.4, 0.5) is 9.80 Å². The molecule has 1 aliphatic heterocycles. The number of urea groups is 1. The number of carbonyl (C=O) groups excluding carboxylic acids is 1. The second-order valence-electron chi connectivity index (χ2n) is 5.36. The van der Waals surface area contributed by atoms with E-state index in [1.54, 1.807) is 4.90 Å². The van der Waals surface area contributed by atoms with Gasteiger partial charge >= 0.3 is 6.03 Å². The van der Waals surface area contributed by atoms with Crippen LogP contribution in [0, 0.1) is 0 Å². The van der Waals surface area contributed by atoms with Crippen molar-refractivity contribution >= 4 is 22.4 Å². The molecule has 3 heterocycles. The zero-order chi connectivity index (χ0) is 13.5. The molecule has 2 amide bonds. The summed E-state index contributed by atoms with van der Waals surface area (Å²) in [6, 6.07) is 4.06. The monoisotopic (exact) mass is 289 g/mol. The molecule has 1 saturated carbocycles. The van der Waals surface area contributed by atoms with Gasteiger partial charge in [0, 0.05) is 25.2 Å². The summed E-state index contributed by atoms with van der Waals surface area (Å²) in [7, 11) is 0. The lowest BCUT2D eigenvalue weighted by Gasteiger charge is -2.38. The zero-order valence-corrected chi connectivity index (χ0v) is 11.7. The highest BCUT2D eigenvalue weighted by Gasteiger charge is 2.34. The summed E-state index contributed by atoms with van der Waals surface area (Å²) in [5, 5.41) is 14.1. The molecule has 0 atom stereocenters. The number of likely N-dealkylation sites (tertiary alicyclic amines) is 1. The van der Waals surface area contributed by atoms with Crippen LogP contribution in [-0.2, 0) is 0 Å². The van der Waals surface area contributed by atoms with E-state index in [0.29, 0.717) is 19.0 Å². The summed E-state index contributed by atoms with van der Waals surface area (Å²) in [5.74, 6) is 0.627. The molecular formula is C13H15N5OS. The van der Waals surface area contributed by atoms with Crippen LogP contribution in [0.5, 0.6) is 0 Å². The SMILES string of the molecule is O=C(Nc1cccs1)N1CC(n2cc(C3CC3)nn2)C1. The Labute approximate surface area is 120 Å². The Hall–Kier alpha value is -1.89. The second kappa shape index (κ2) is 4.59. The van der Waals surface area contributed by atoms with Gasteiger partial charge in [-0.15, -0.1) is 16.4 Å². The predicted octanol–water partition coefficient (Wildman–Crippen LogP) is 2.31. The van der Waals surface area contributed by atoms with Crippen molar-refractivity contribution < 1.29 is 4.79 Å². The number of nitrogens with one attached hydrogen (secondary N) is 1. The van der Waals surface area contributed by atoms with Crippen molar-refractivity contribution in [3.8, 4) is 0 Å². The van der Waals surface area contributed by atoms with Crippen LogP contribution in [-0.4, -0.2) is 39.0 Å². The smallest absolute Gasteiger partial charge is 0.320 e. The molecule has 6 nitrogen and oxygen atoms in total. The van der Waals surface area contributed by atoms with Crippen molar-refractivity contribution in [1.82, 2.24) is 19.9 Å². The molecule has 0 radical (unpaired) electrons. The minimum Gasteiger partial charge on any atom is -0.320 e. The molecule has 2 aromatic rings. The summed E-state index contributed by atoms with van der Waals surface area (Å²) in [6.07, 6.45) is 4.51. The minimum absolute atomic E-state index is 0.0359. The average molecular weight is 289 g/mol. The summed E-state index contributed by atoms with van der Waals surface area (Å²) < 4.78 is 1.91. The van der Waals surface area contributed by atoms with Crippen LogP contribution < -0.4 is 5.32 Å². The van der Waals surface area contributed by atoms with Crippen molar-refractivity contribution in [3.05, 3.63) is 29.4 Å². The molecule has 2 aliphatic rings. The number of hydrogen-bond acceptors (Lipinski definition) is 4. The van der Waals surface area contributed by atoms with Crippen LogP contribution in [0.2, 0.25) is 0 Å². The maximum atomic E-state index is 12.0. The molecule has 1 aliphatic carbocycles. The van der Waals surface area contributed by atoms with Crippen molar-refractivity contribution in [3.63, 3.8) is 0 Å². The second-order valence-corrected chi connectivity index (χ2v) is 6.31. The van der Waals surface area contributed by atoms with Crippen LogP contribution in [0.25, 0.3) is 0 Å². The first-order valence-corrected chi connectivity index (χ1v) is 7.69. The van der Waals surface area contributed by atoms with Gasteiger partial charge in [-0.3, -0.25) is 5.32 Å². The van der Waals surface area contributed by atoms with Gasteiger partial charge in [0.2, 0.25) is 0 Å². The number of hydrogen-bond donors (Lipinski definition) is 1. The summed E-state index contributed by atoms with van der Waals surface area (Å²) in [5.41, 5.74) is 1.10. The lowest BCUT2D eigenvalue weighted by Crippen LogP contribution is -2.52. The fourth-order valence-corrected chi connectivity index (χ4v) is 2.96. The van der Waals surface area contributed by atoms with E-state index in [1.165, 1.54) is 24.2 Å². The fraction of sp³-hybridized carbons (Fsp3) is 0.462. The third-order valence-electron chi connectivity index (χ3n) is 3.80. The first kappa shape index (κ1) is 11.9. The van der Waals surface area contributed by atoms with Gasteiger partial charge < -0.3 is 4.90 Å². The Morgan fingerprint density at radius 2 is 2.25 bits per heavy atom. The number of amides is 2. The lowest BCUT2D eigenvalue weighted by atomic mass is 10.1. The molecule has 0 unspecified atom stereocenters. The maximum absolute atomic E-state index is 12.0. The van der Waals surface area contributed by atoms with Gasteiger partial charge in [-0.2, -0.15) is 0 Å². The summed E-state index contributed by atoms with van der Waals surface area (Å²) in [4.78, 5) is 13.8. The van der Waals surface area contributed by atoms with Crippen LogP contribution in [0.15, 0.2) is 23.7 Å². The molecule has 1 N–H and O–H groups in total. The van der Waals surface area contributed by atoms with Crippen molar-refractivity contribution in [2.75, 3.05) is 18.4 Å². The first-order valence-electron chi connectivity index (χ1n) is 6.81. The number of aromatic nitrogens is 3. The Morgan fingerprint density at radius 1 is 1.40 bits per heavy atom. The van der Waals surface area contributed by atoms with E-state index >= 15 is 0 Å². The Morgan fingerprint density at radius 3 is 2.95 bits per heavy atom. The molecular weight excluding hydrogens is 274 g/mol. The fourth-order valence-electron chi connectivity index (χ4n) is 2.36. The molecule has 20 heavy (non-hydrogen) atoms. The van der Waals surface area contributed by atoms with Crippen LogP contribution >= 0.6 is 11.3 Å². The van der Waals surface area contributed by atoms with Crippen LogP contribution in [0.3, 0.4) is 0 Å². The van der Waals surface area contributed by atoms with E-state index < -0.39 is 0 Å². The van der Waals surface area contributed by atoms with E-state index in [9.17, 15) is 4.79 Å². The molecule has 4 rings (SSSR count). The predicted molar refractivity (Wildman–Crippen MR) is 75.9 cm³/mol. The largest absolute Gasteiger partial charge is 0.322 e. The van der Waals surface area contributed by atoms with E-state index in [1.807, 2.05) is 28.4 Å². The molecule has 2 fully saturated rings. The van der Waals surface area contributed by atoms with Crippen LogP contribution in [0.1, 0.15) is 30.5 Å². The Bertz CT molecular complexity index is 613. The van der Waals surface area contributed by atoms with Gasteiger partial charge in [-0.1, -0.05) is 5.21 Å². The molecule has 0 aromatic carbocycles. The standard InChI is InChI=1S/C13H15N5OS/c19-13(14-12-2-1-5-20-12)17-6-10(7-17)18-8-11(15-16-18)9-3-4-9/h1-2,5,8-10H,3-4,6-7H2,(H,14,19). The quantitative estimate of drug-likeness (QED) is 0.943. The van der Waals surface area contributed by atoms with E-state index in [2.05, 4.69) is 15.6 Å². The number of anilines is 1. The number of thiophene rings is 1. The van der Waals surface area contributed by atoms with Crippen molar-refractivity contribution in [2.45, 2.75) is 24.8 Å². The number of carbonyl (C=O) groups is 1. The average Bonchev–Trinajstić information content (AvgIpc) is 2.90. The molecule has 0 bridgehead atoms. The number of nitrogens with zero attached hydrogens (tertiary/aromatic N) is 4. The van der Waals surface area contributed by atoms with Gasteiger partial charge in [0.05, 0.1) is 16.7 Å². The molecule has 2 aromatic heterocycles. The highest BCUT2D eigenvalue weighted by molar-refractivity contribution is 7.14. The Kier molecular flexibility index (Phi) is 2.73. The van der Waals surface area contributed by atoms with E-state index in [4.69, 9.17) is 0 Å². The zero-order valence-electron chi connectivity index (χ0n) is 10.9. The molecule has 1 saturated heterocycles. The molecule has 104 valence electrons. The molecule has 0 spiro atoms. The third-order valence-corrected chi connectivity index (χ3v) is 4.58. The van der Waals surface area contributed by atoms with Crippen molar-refractivity contribution in [1.29, 1.82) is 0 Å². The highest BCUT2D eigenvalue weighted by Crippen LogP contribution is 2.39. The maximum Gasteiger partial charge on any atom is 0.322 e. The Balaban J connectivity index is 1.33. The molecule has 7 heteroatoms. The van der Waals surface area contributed by atoms with E-state index in [0.717, 1.165) is 10.7 Å². The van der Waals surface area contributed by atoms with Gasteiger partial charge in [0.25, 0.3) is 0 Å². The van der Waals surface area contributed by atoms with Gasteiger partial charge in [-0.25, -0.2) is 9.48 Å². The van der Waals surface area contributed by atoms with Gasteiger partial charge in [0.15, 0.2) is 0 Å². The highest BCUT2D eigenvalue weighted by atomic mass is 32.1. The van der Waals surface area contributed by atoms with Crippen molar-refractivity contribution in [2.24, 2.45) is 0 Å². The normalized spacial score (nSPS) is 18.9.